The molecule has 0 fully saturated rings. The van der Waals surface area contributed by atoms with Gasteiger partial charge in [0.2, 0.25) is 0 Å². The lowest BCUT2D eigenvalue weighted by Gasteiger charge is -2.20. The Labute approximate surface area is 214 Å². The fraction of sp³-hybridized carbons (Fsp3) is 0.0667. The highest BCUT2D eigenvalue weighted by Gasteiger charge is 2.20. The Hall–Kier alpha value is -4.22. The molecule has 0 bridgehead atoms. The van der Waals surface area contributed by atoms with Gasteiger partial charge in [0.25, 0.3) is 5.91 Å². The minimum absolute atomic E-state index is 0.188. The van der Waals surface area contributed by atoms with Gasteiger partial charge in [-0.25, -0.2) is 9.18 Å². The van der Waals surface area contributed by atoms with Gasteiger partial charge in [-0.3, -0.25) is 4.79 Å². The maximum Gasteiger partial charge on any atom is 0.339 e. The van der Waals surface area contributed by atoms with Crippen molar-refractivity contribution in [2.45, 2.75) is 6.04 Å². The first-order valence-corrected chi connectivity index (χ1v) is 11.7. The summed E-state index contributed by atoms with van der Waals surface area (Å²) in [7, 11) is 0. The van der Waals surface area contributed by atoms with Gasteiger partial charge in [0.1, 0.15) is 5.82 Å². The maximum absolute atomic E-state index is 13.5. The second-order valence-electron chi connectivity index (χ2n) is 8.01. The molecule has 0 atom stereocenters. The van der Waals surface area contributed by atoms with Crippen molar-refractivity contribution in [1.29, 1.82) is 0 Å². The fourth-order valence-corrected chi connectivity index (χ4v) is 3.80. The van der Waals surface area contributed by atoms with Crippen molar-refractivity contribution < 1.29 is 18.7 Å². The number of nitrogens with one attached hydrogen (secondary N) is 1. The van der Waals surface area contributed by atoms with E-state index in [1.807, 2.05) is 60.7 Å². The van der Waals surface area contributed by atoms with Crippen LogP contribution in [-0.4, -0.2) is 18.5 Å². The van der Waals surface area contributed by atoms with Crippen LogP contribution >= 0.6 is 11.6 Å². The smallest absolute Gasteiger partial charge is 0.339 e. The van der Waals surface area contributed by atoms with Crippen LogP contribution in [0.4, 0.5) is 4.39 Å². The standard InChI is InChI=1S/C30H23ClFNO3/c31-25-15-11-21(12-16-25)19-27(22-13-17-26(32)18-14-22)30(35)36-20-28(34)33-29(23-7-3-1-4-8-23)24-9-5-2-6-10-24/h1-19,29H,20H2,(H,33,34). The number of hydrogen-bond acceptors (Lipinski definition) is 3. The van der Waals surface area contributed by atoms with Crippen molar-refractivity contribution >= 4 is 35.1 Å². The molecule has 0 aromatic heterocycles. The summed E-state index contributed by atoms with van der Waals surface area (Å²) in [6.45, 7) is -0.478. The summed E-state index contributed by atoms with van der Waals surface area (Å²) in [6.07, 6.45) is 1.61. The molecule has 0 radical (unpaired) electrons. The Morgan fingerprint density at radius 2 is 1.36 bits per heavy atom. The number of carbonyl (C=O) groups is 2. The van der Waals surface area contributed by atoms with E-state index in [1.165, 1.54) is 24.3 Å². The molecule has 4 rings (SSSR count). The number of benzene rings is 4. The van der Waals surface area contributed by atoms with E-state index < -0.39 is 30.3 Å². The molecule has 0 heterocycles. The highest BCUT2D eigenvalue weighted by atomic mass is 35.5. The summed E-state index contributed by atoms with van der Waals surface area (Å²) in [5, 5.41) is 3.50. The van der Waals surface area contributed by atoms with Gasteiger partial charge < -0.3 is 10.1 Å². The quantitative estimate of drug-likeness (QED) is 0.172. The average Bonchev–Trinajstić information content (AvgIpc) is 2.91. The highest BCUT2D eigenvalue weighted by Crippen LogP contribution is 2.23. The lowest BCUT2D eigenvalue weighted by molar-refractivity contribution is -0.143. The Balaban J connectivity index is 1.51. The normalized spacial score (nSPS) is 11.2. The minimum Gasteiger partial charge on any atom is -0.452 e. The zero-order valence-corrected chi connectivity index (χ0v) is 20.0. The first-order valence-electron chi connectivity index (χ1n) is 11.3. The Bertz CT molecular complexity index is 1300. The third kappa shape index (κ3) is 6.68. The summed E-state index contributed by atoms with van der Waals surface area (Å²) in [4.78, 5) is 25.9. The van der Waals surface area contributed by atoms with Crippen LogP contribution < -0.4 is 5.32 Å². The number of ether oxygens (including phenoxy) is 1. The molecule has 0 saturated heterocycles. The summed E-state index contributed by atoms with van der Waals surface area (Å²) < 4.78 is 18.9. The van der Waals surface area contributed by atoms with Gasteiger partial charge in [-0.05, 0) is 52.6 Å². The summed E-state index contributed by atoms with van der Waals surface area (Å²) in [5.41, 5.74) is 3.15. The molecule has 0 unspecified atom stereocenters. The Morgan fingerprint density at radius 3 is 1.92 bits per heavy atom. The van der Waals surface area contributed by atoms with Crippen molar-refractivity contribution in [3.63, 3.8) is 0 Å². The predicted molar refractivity (Wildman–Crippen MR) is 140 cm³/mol. The van der Waals surface area contributed by atoms with Crippen LogP contribution in [0.15, 0.2) is 109 Å². The number of rotatable bonds is 8. The van der Waals surface area contributed by atoms with E-state index in [0.717, 1.165) is 11.1 Å². The Kier molecular flexibility index (Phi) is 8.27. The van der Waals surface area contributed by atoms with Crippen molar-refractivity contribution in [2.75, 3.05) is 6.61 Å². The van der Waals surface area contributed by atoms with Crippen molar-refractivity contribution in [1.82, 2.24) is 5.32 Å². The molecule has 1 amide bonds. The Morgan fingerprint density at radius 1 is 0.806 bits per heavy atom. The molecule has 0 aliphatic carbocycles. The fourth-order valence-electron chi connectivity index (χ4n) is 3.68. The van der Waals surface area contributed by atoms with Crippen molar-refractivity contribution in [2.24, 2.45) is 0 Å². The van der Waals surface area contributed by atoms with Crippen LogP contribution in [0, 0.1) is 5.82 Å². The number of hydrogen-bond donors (Lipinski definition) is 1. The van der Waals surface area contributed by atoms with Gasteiger partial charge in [0.15, 0.2) is 6.61 Å². The molecule has 0 saturated carbocycles. The molecule has 0 aliphatic rings. The van der Waals surface area contributed by atoms with Crippen molar-refractivity contribution in [3.05, 3.63) is 142 Å². The molecule has 0 aliphatic heterocycles. The zero-order chi connectivity index (χ0) is 25.3. The van der Waals surface area contributed by atoms with Gasteiger partial charge in [-0.15, -0.1) is 0 Å². The molecule has 4 aromatic rings. The number of halogens is 2. The van der Waals surface area contributed by atoms with Crippen LogP contribution in [0.2, 0.25) is 5.02 Å². The second kappa shape index (κ2) is 12.0. The van der Waals surface area contributed by atoms with E-state index in [0.29, 0.717) is 16.1 Å². The largest absolute Gasteiger partial charge is 0.452 e. The maximum atomic E-state index is 13.5. The monoisotopic (exact) mass is 499 g/mol. The number of carbonyl (C=O) groups excluding carboxylic acids is 2. The molecule has 6 heteroatoms. The first kappa shape index (κ1) is 24.9. The van der Waals surface area contributed by atoms with Crippen LogP contribution in [0.3, 0.4) is 0 Å². The van der Waals surface area contributed by atoms with Crippen molar-refractivity contribution in [3.8, 4) is 0 Å². The van der Waals surface area contributed by atoms with Gasteiger partial charge in [-0.1, -0.05) is 96.5 Å². The van der Waals surface area contributed by atoms with E-state index in [2.05, 4.69) is 5.32 Å². The molecule has 1 N–H and O–H groups in total. The average molecular weight is 500 g/mol. The van der Waals surface area contributed by atoms with E-state index >= 15 is 0 Å². The summed E-state index contributed by atoms with van der Waals surface area (Å²) in [6, 6.07) is 31.1. The molecule has 4 aromatic carbocycles. The molecule has 4 nitrogen and oxygen atoms in total. The number of esters is 1. The van der Waals surface area contributed by atoms with Gasteiger partial charge >= 0.3 is 5.97 Å². The van der Waals surface area contributed by atoms with Gasteiger partial charge in [0.05, 0.1) is 11.6 Å². The molecule has 180 valence electrons. The summed E-state index contributed by atoms with van der Waals surface area (Å²) >= 11 is 5.96. The van der Waals surface area contributed by atoms with E-state index in [1.54, 1.807) is 30.3 Å². The second-order valence-corrected chi connectivity index (χ2v) is 8.45. The SMILES string of the molecule is O=C(COC(=O)C(=Cc1ccc(Cl)cc1)c1ccc(F)cc1)NC(c1ccccc1)c1ccccc1. The van der Waals surface area contributed by atoms with Crippen LogP contribution in [-0.2, 0) is 14.3 Å². The topological polar surface area (TPSA) is 55.4 Å². The summed E-state index contributed by atoms with van der Waals surface area (Å²) in [5.74, 6) is -1.58. The molecular formula is C30H23ClFNO3. The van der Waals surface area contributed by atoms with E-state index in [9.17, 15) is 14.0 Å². The molecule has 36 heavy (non-hydrogen) atoms. The molecule has 0 spiro atoms. The highest BCUT2D eigenvalue weighted by molar-refractivity contribution is 6.30. The van der Waals surface area contributed by atoms with E-state index in [4.69, 9.17) is 16.3 Å². The van der Waals surface area contributed by atoms with E-state index in [-0.39, 0.29) is 5.57 Å². The minimum atomic E-state index is -0.706. The van der Waals surface area contributed by atoms with Crippen LogP contribution in [0.1, 0.15) is 28.3 Å². The lowest BCUT2D eigenvalue weighted by atomic mass is 9.99. The van der Waals surface area contributed by atoms with Gasteiger partial charge in [-0.2, -0.15) is 0 Å². The van der Waals surface area contributed by atoms with Crippen LogP contribution in [0.5, 0.6) is 0 Å². The molecular weight excluding hydrogens is 477 g/mol. The third-order valence-corrected chi connectivity index (χ3v) is 5.71. The predicted octanol–water partition coefficient (Wildman–Crippen LogP) is 6.47. The first-order chi connectivity index (χ1) is 17.5. The van der Waals surface area contributed by atoms with Crippen LogP contribution in [0.25, 0.3) is 11.6 Å². The third-order valence-electron chi connectivity index (χ3n) is 5.46. The van der Waals surface area contributed by atoms with Gasteiger partial charge in [0, 0.05) is 5.02 Å². The lowest BCUT2D eigenvalue weighted by Crippen LogP contribution is -2.33. The number of amides is 1. The zero-order valence-electron chi connectivity index (χ0n) is 19.2.